The van der Waals surface area contributed by atoms with Gasteiger partial charge in [0.2, 0.25) is 5.91 Å². The van der Waals surface area contributed by atoms with E-state index in [9.17, 15) is 23.7 Å². The van der Waals surface area contributed by atoms with E-state index in [1.165, 1.54) is 7.05 Å². The number of carbonyl (C=O) groups is 1. The van der Waals surface area contributed by atoms with Crippen molar-refractivity contribution in [2.75, 3.05) is 18.9 Å². The van der Waals surface area contributed by atoms with E-state index < -0.39 is 33.3 Å². The van der Waals surface area contributed by atoms with Gasteiger partial charge >= 0.3 is 0 Å². The van der Waals surface area contributed by atoms with Gasteiger partial charge in [-0.2, -0.15) is 0 Å². The summed E-state index contributed by atoms with van der Waals surface area (Å²) in [7, 11) is 1.46. The molecule has 1 aromatic carbocycles. The molecule has 0 atom stereocenters. The van der Waals surface area contributed by atoms with Gasteiger partial charge in [-0.15, -0.1) is 0 Å². The van der Waals surface area contributed by atoms with Crippen molar-refractivity contribution in [3.8, 4) is 0 Å². The average molecular weight is 287 g/mol. The third-order valence-electron chi connectivity index (χ3n) is 2.79. The number of nitro groups is 1. The first kappa shape index (κ1) is 15.8. The summed E-state index contributed by atoms with van der Waals surface area (Å²) < 4.78 is 27.2. The van der Waals surface area contributed by atoms with Crippen LogP contribution in [-0.4, -0.2) is 24.4 Å². The summed E-state index contributed by atoms with van der Waals surface area (Å²) in [5.74, 6) is -2.46. The van der Waals surface area contributed by atoms with E-state index in [4.69, 9.17) is 0 Å². The van der Waals surface area contributed by atoms with Crippen molar-refractivity contribution in [3.05, 3.63) is 33.9 Å². The van der Waals surface area contributed by atoms with Gasteiger partial charge in [0.1, 0.15) is 5.69 Å². The van der Waals surface area contributed by atoms with Gasteiger partial charge in [-0.25, -0.2) is 8.78 Å². The normalized spacial score (nSPS) is 11.1. The average Bonchev–Trinajstić information content (AvgIpc) is 2.36. The second kappa shape index (κ2) is 5.81. The van der Waals surface area contributed by atoms with E-state index >= 15 is 0 Å². The van der Waals surface area contributed by atoms with Crippen LogP contribution in [0.5, 0.6) is 0 Å². The van der Waals surface area contributed by atoms with Gasteiger partial charge in [-0.1, -0.05) is 0 Å². The number of carbonyl (C=O) groups excluding carboxylic acids is 1. The Balaban J connectivity index is 2.94. The zero-order valence-corrected chi connectivity index (χ0v) is 11.3. The molecule has 0 radical (unpaired) electrons. The molecule has 0 fully saturated rings. The van der Waals surface area contributed by atoms with Crippen LogP contribution in [0.1, 0.15) is 13.8 Å². The van der Waals surface area contributed by atoms with Gasteiger partial charge in [-0.3, -0.25) is 14.9 Å². The molecule has 0 aromatic heterocycles. The third-order valence-corrected chi connectivity index (χ3v) is 2.79. The molecule has 110 valence electrons. The first-order valence-electron chi connectivity index (χ1n) is 5.78. The standard InChI is InChI=1S/C12H15F2N3O3/c1-12(2,11(18)15-3)6-16-10-8(13)4-7(17(19)20)5-9(10)14/h4-5,16H,6H2,1-3H3,(H,15,18). The molecule has 1 amide bonds. The van der Waals surface area contributed by atoms with Gasteiger partial charge < -0.3 is 10.6 Å². The molecule has 8 heteroatoms. The molecule has 0 spiro atoms. The molecule has 6 nitrogen and oxygen atoms in total. The highest BCUT2D eigenvalue weighted by molar-refractivity contribution is 5.82. The molecule has 0 bridgehead atoms. The molecule has 1 rings (SSSR count). The van der Waals surface area contributed by atoms with Crippen LogP contribution in [0.3, 0.4) is 0 Å². The highest BCUT2D eigenvalue weighted by atomic mass is 19.1. The first-order valence-corrected chi connectivity index (χ1v) is 5.78. The van der Waals surface area contributed by atoms with Crippen molar-refractivity contribution < 1.29 is 18.5 Å². The minimum atomic E-state index is -1.08. The molecular weight excluding hydrogens is 272 g/mol. The number of nitrogens with one attached hydrogen (secondary N) is 2. The SMILES string of the molecule is CNC(=O)C(C)(C)CNc1c(F)cc([N+](=O)[O-])cc1F. The van der Waals surface area contributed by atoms with Crippen molar-refractivity contribution in [2.24, 2.45) is 5.41 Å². The molecule has 0 heterocycles. The topological polar surface area (TPSA) is 84.3 Å². The molecule has 0 aliphatic heterocycles. The number of hydrogen-bond donors (Lipinski definition) is 2. The van der Waals surface area contributed by atoms with Gasteiger partial charge in [0, 0.05) is 13.6 Å². The molecule has 0 saturated carbocycles. The molecule has 0 unspecified atom stereocenters. The number of nitrogens with zero attached hydrogens (tertiary/aromatic N) is 1. The Morgan fingerprint density at radius 3 is 2.25 bits per heavy atom. The lowest BCUT2D eigenvalue weighted by atomic mass is 9.92. The predicted octanol–water partition coefficient (Wildman–Crippen LogP) is 2.06. The van der Waals surface area contributed by atoms with Crippen LogP contribution in [-0.2, 0) is 4.79 Å². The number of rotatable bonds is 5. The number of halogens is 2. The van der Waals surface area contributed by atoms with Crippen LogP contribution < -0.4 is 10.6 Å². The van der Waals surface area contributed by atoms with E-state index in [1.807, 2.05) is 0 Å². The summed E-state index contributed by atoms with van der Waals surface area (Å²) >= 11 is 0. The van der Waals surface area contributed by atoms with Crippen molar-refractivity contribution in [1.29, 1.82) is 0 Å². The van der Waals surface area contributed by atoms with Crippen LogP contribution in [0.4, 0.5) is 20.2 Å². The Labute approximate surface area is 114 Å². The van der Waals surface area contributed by atoms with Gasteiger partial charge in [0.15, 0.2) is 11.6 Å². The Morgan fingerprint density at radius 2 is 1.85 bits per heavy atom. The Bertz CT molecular complexity index is 524. The Hall–Kier alpha value is -2.25. The molecule has 0 aliphatic carbocycles. The van der Waals surface area contributed by atoms with Gasteiger partial charge in [-0.05, 0) is 13.8 Å². The van der Waals surface area contributed by atoms with Crippen LogP contribution in [0.25, 0.3) is 0 Å². The van der Waals surface area contributed by atoms with Crippen LogP contribution >= 0.6 is 0 Å². The molecule has 2 N–H and O–H groups in total. The molecular formula is C12H15F2N3O3. The second-order valence-electron chi connectivity index (χ2n) is 4.86. The maximum atomic E-state index is 13.6. The Kier molecular flexibility index (Phi) is 4.59. The lowest BCUT2D eigenvalue weighted by molar-refractivity contribution is -0.385. The summed E-state index contributed by atoms with van der Waals surface area (Å²) in [5.41, 5.74) is -2.06. The minimum Gasteiger partial charge on any atom is -0.379 e. The summed E-state index contributed by atoms with van der Waals surface area (Å²) in [5, 5.41) is 15.4. The molecule has 1 aromatic rings. The van der Waals surface area contributed by atoms with Crippen LogP contribution in [0, 0.1) is 27.2 Å². The highest BCUT2D eigenvalue weighted by Crippen LogP contribution is 2.26. The fourth-order valence-electron chi connectivity index (χ4n) is 1.56. The summed E-state index contributed by atoms with van der Waals surface area (Å²) in [6.07, 6.45) is 0. The fraction of sp³-hybridized carbons (Fsp3) is 0.417. The highest BCUT2D eigenvalue weighted by Gasteiger charge is 2.27. The lowest BCUT2D eigenvalue weighted by Gasteiger charge is -2.23. The summed E-state index contributed by atoms with van der Waals surface area (Å²) in [6.45, 7) is 3.17. The zero-order chi connectivity index (χ0) is 15.5. The summed E-state index contributed by atoms with van der Waals surface area (Å²) in [6, 6.07) is 1.25. The first-order chi connectivity index (χ1) is 9.19. The molecule has 0 saturated heterocycles. The minimum absolute atomic E-state index is 0.0294. The number of non-ortho nitro benzene ring substituents is 1. The smallest absolute Gasteiger partial charge is 0.275 e. The van der Waals surface area contributed by atoms with Crippen molar-refractivity contribution >= 4 is 17.3 Å². The van der Waals surface area contributed by atoms with E-state index in [2.05, 4.69) is 10.6 Å². The maximum Gasteiger partial charge on any atom is 0.275 e. The third kappa shape index (κ3) is 3.40. The largest absolute Gasteiger partial charge is 0.379 e. The molecule has 20 heavy (non-hydrogen) atoms. The van der Waals surface area contributed by atoms with Gasteiger partial charge in [0.05, 0.1) is 22.5 Å². The number of nitro benzene ring substituents is 1. The zero-order valence-electron chi connectivity index (χ0n) is 11.3. The van der Waals surface area contributed by atoms with Crippen LogP contribution in [0.15, 0.2) is 12.1 Å². The fourth-order valence-corrected chi connectivity index (χ4v) is 1.56. The van der Waals surface area contributed by atoms with Crippen molar-refractivity contribution in [1.82, 2.24) is 5.32 Å². The number of hydrogen-bond acceptors (Lipinski definition) is 4. The quantitative estimate of drug-likeness (QED) is 0.641. The van der Waals surface area contributed by atoms with Crippen molar-refractivity contribution in [3.63, 3.8) is 0 Å². The van der Waals surface area contributed by atoms with E-state index in [0.717, 1.165) is 0 Å². The number of benzene rings is 1. The second-order valence-corrected chi connectivity index (χ2v) is 4.86. The van der Waals surface area contributed by atoms with Gasteiger partial charge in [0.25, 0.3) is 5.69 Å². The molecule has 0 aliphatic rings. The summed E-state index contributed by atoms with van der Waals surface area (Å²) in [4.78, 5) is 21.1. The van der Waals surface area contributed by atoms with Crippen molar-refractivity contribution in [2.45, 2.75) is 13.8 Å². The number of anilines is 1. The monoisotopic (exact) mass is 287 g/mol. The number of amides is 1. The van der Waals surface area contributed by atoms with E-state index in [0.29, 0.717) is 12.1 Å². The predicted molar refractivity (Wildman–Crippen MR) is 69.3 cm³/mol. The Morgan fingerprint density at radius 1 is 1.35 bits per heavy atom. The lowest BCUT2D eigenvalue weighted by Crippen LogP contribution is -2.39. The van der Waals surface area contributed by atoms with E-state index in [-0.39, 0.29) is 12.5 Å². The van der Waals surface area contributed by atoms with Crippen LogP contribution in [0.2, 0.25) is 0 Å². The maximum absolute atomic E-state index is 13.6. The van der Waals surface area contributed by atoms with E-state index in [1.54, 1.807) is 13.8 Å².